The van der Waals surface area contributed by atoms with Crippen LogP contribution in [-0.4, -0.2) is 24.2 Å². The summed E-state index contributed by atoms with van der Waals surface area (Å²) in [4.78, 5) is 12.7. The third kappa shape index (κ3) is 3.62. The molecule has 0 aromatic heterocycles. The number of benzene rings is 1. The van der Waals surface area contributed by atoms with Crippen molar-refractivity contribution in [3.63, 3.8) is 0 Å². The second-order valence-electron chi connectivity index (χ2n) is 6.12. The van der Waals surface area contributed by atoms with Crippen LogP contribution in [0.4, 0.5) is 4.39 Å². The second kappa shape index (κ2) is 7.03. The minimum atomic E-state index is -0.507. The Morgan fingerprint density at radius 1 is 1.33 bits per heavy atom. The highest BCUT2D eigenvalue weighted by molar-refractivity contribution is 5.88. The zero-order valence-electron chi connectivity index (χ0n) is 12.6. The van der Waals surface area contributed by atoms with Crippen molar-refractivity contribution < 1.29 is 14.3 Å². The molecule has 0 heterocycles. The Kier molecular flexibility index (Phi) is 5.34. The molecular formula is C17H24FNO2. The minimum absolute atomic E-state index is 0.0383. The third-order valence-electron chi connectivity index (χ3n) is 4.52. The summed E-state index contributed by atoms with van der Waals surface area (Å²) in [7, 11) is 0. The second-order valence-corrected chi connectivity index (χ2v) is 6.12. The Balaban J connectivity index is 2.10. The number of carbonyl (C=O) groups excluding carboxylic acids is 1. The predicted octanol–water partition coefficient (Wildman–Crippen LogP) is 2.77. The van der Waals surface area contributed by atoms with E-state index in [0.717, 1.165) is 31.2 Å². The number of aliphatic hydroxyl groups is 1. The molecule has 1 aliphatic carbocycles. The molecule has 1 atom stereocenters. The van der Waals surface area contributed by atoms with Gasteiger partial charge in [-0.05, 0) is 42.9 Å². The fraction of sp³-hybridized carbons (Fsp3) is 0.588. The number of nitrogens with one attached hydrogen (secondary N) is 1. The maximum Gasteiger partial charge on any atom is 0.230 e. The smallest absolute Gasteiger partial charge is 0.230 e. The first-order valence-electron chi connectivity index (χ1n) is 7.74. The van der Waals surface area contributed by atoms with Crippen LogP contribution in [-0.2, 0) is 10.2 Å². The van der Waals surface area contributed by atoms with Gasteiger partial charge in [-0.15, -0.1) is 0 Å². The van der Waals surface area contributed by atoms with Crippen LogP contribution < -0.4 is 5.32 Å². The van der Waals surface area contributed by atoms with E-state index in [1.165, 1.54) is 12.1 Å². The van der Waals surface area contributed by atoms with Crippen molar-refractivity contribution in [2.75, 3.05) is 13.2 Å². The van der Waals surface area contributed by atoms with Gasteiger partial charge in [0.15, 0.2) is 0 Å². The van der Waals surface area contributed by atoms with Gasteiger partial charge in [0, 0.05) is 13.2 Å². The first kappa shape index (κ1) is 16.0. The van der Waals surface area contributed by atoms with E-state index in [2.05, 4.69) is 5.32 Å². The number of hydrogen-bond donors (Lipinski definition) is 2. The summed E-state index contributed by atoms with van der Waals surface area (Å²) in [6.45, 7) is 2.72. The summed E-state index contributed by atoms with van der Waals surface area (Å²) >= 11 is 0. The highest BCUT2D eigenvalue weighted by Gasteiger charge is 2.42. The maximum absolute atomic E-state index is 13.1. The Bertz CT molecular complexity index is 466. The number of aliphatic hydroxyl groups excluding tert-OH is 1. The van der Waals surface area contributed by atoms with E-state index in [1.54, 1.807) is 12.1 Å². The molecule has 1 aromatic rings. The van der Waals surface area contributed by atoms with Gasteiger partial charge >= 0.3 is 0 Å². The van der Waals surface area contributed by atoms with Crippen LogP contribution in [0, 0.1) is 11.7 Å². The molecule has 2 N–H and O–H groups in total. The summed E-state index contributed by atoms with van der Waals surface area (Å²) in [6, 6.07) is 6.32. The monoisotopic (exact) mass is 293 g/mol. The van der Waals surface area contributed by atoms with Crippen molar-refractivity contribution in [2.45, 2.75) is 44.4 Å². The van der Waals surface area contributed by atoms with Gasteiger partial charge in [0.05, 0.1) is 5.41 Å². The van der Waals surface area contributed by atoms with E-state index in [9.17, 15) is 9.18 Å². The molecule has 0 aliphatic heterocycles. The van der Waals surface area contributed by atoms with E-state index < -0.39 is 5.41 Å². The first-order chi connectivity index (χ1) is 10.1. The summed E-state index contributed by atoms with van der Waals surface area (Å²) in [6.07, 6.45) is 4.37. The van der Waals surface area contributed by atoms with Gasteiger partial charge in [0.1, 0.15) is 5.82 Å². The molecule has 0 bridgehead atoms. The van der Waals surface area contributed by atoms with Crippen LogP contribution in [0.5, 0.6) is 0 Å². The molecule has 0 saturated heterocycles. The number of carbonyl (C=O) groups is 1. The van der Waals surface area contributed by atoms with Gasteiger partial charge in [0.25, 0.3) is 0 Å². The summed E-state index contributed by atoms with van der Waals surface area (Å²) in [5, 5.41) is 11.9. The zero-order chi connectivity index (χ0) is 15.3. The van der Waals surface area contributed by atoms with Crippen LogP contribution in [0.2, 0.25) is 0 Å². The molecule has 4 heteroatoms. The van der Waals surface area contributed by atoms with E-state index in [0.29, 0.717) is 13.0 Å². The van der Waals surface area contributed by atoms with Crippen LogP contribution in [0.25, 0.3) is 0 Å². The molecule has 1 aliphatic rings. The van der Waals surface area contributed by atoms with Crippen molar-refractivity contribution in [1.29, 1.82) is 0 Å². The van der Waals surface area contributed by atoms with Crippen molar-refractivity contribution in [1.82, 2.24) is 5.32 Å². The standard InChI is InChI=1S/C17H24FNO2/c1-13(8-11-20)12-19-16(21)17(9-2-3-10-17)14-4-6-15(18)7-5-14/h4-7,13,20H,2-3,8-12H2,1H3,(H,19,21). The molecule has 0 radical (unpaired) electrons. The fourth-order valence-corrected chi connectivity index (χ4v) is 3.15. The Morgan fingerprint density at radius 2 is 1.95 bits per heavy atom. The number of halogens is 1. The van der Waals surface area contributed by atoms with Crippen LogP contribution in [0.15, 0.2) is 24.3 Å². The van der Waals surface area contributed by atoms with Crippen molar-refractivity contribution in [2.24, 2.45) is 5.92 Å². The number of amides is 1. The fourth-order valence-electron chi connectivity index (χ4n) is 3.15. The van der Waals surface area contributed by atoms with Crippen LogP contribution in [0.3, 0.4) is 0 Å². The Labute approximate surface area is 125 Å². The van der Waals surface area contributed by atoms with Crippen molar-refractivity contribution >= 4 is 5.91 Å². The van der Waals surface area contributed by atoms with Crippen LogP contribution >= 0.6 is 0 Å². The largest absolute Gasteiger partial charge is 0.396 e. The van der Waals surface area contributed by atoms with Gasteiger partial charge in [-0.2, -0.15) is 0 Å². The number of hydrogen-bond acceptors (Lipinski definition) is 2. The lowest BCUT2D eigenvalue weighted by Gasteiger charge is -2.29. The Hall–Kier alpha value is -1.42. The van der Waals surface area contributed by atoms with E-state index >= 15 is 0 Å². The molecule has 1 fully saturated rings. The average molecular weight is 293 g/mol. The molecule has 116 valence electrons. The summed E-state index contributed by atoms with van der Waals surface area (Å²) in [5.41, 5.74) is 0.404. The predicted molar refractivity (Wildman–Crippen MR) is 80.4 cm³/mol. The lowest BCUT2D eigenvalue weighted by molar-refractivity contribution is -0.126. The SMILES string of the molecule is CC(CCO)CNC(=O)C1(c2ccc(F)cc2)CCCC1. The molecule has 1 amide bonds. The van der Waals surface area contributed by atoms with Gasteiger partial charge < -0.3 is 10.4 Å². The summed E-state index contributed by atoms with van der Waals surface area (Å²) in [5.74, 6) is 0.0193. The maximum atomic E-state index is 13.1. The quantitative estimate of drug-likeness (QED) is 0.847. The van der Waals surface area contributed by atoms with Gasteiger partial charge in [-0.25, -0.2) is 4.39 Å². The zero-order valence-corrected chi connectivity index (χ0v) is 12.6. The van der Waals surface area contributed by atoms with Crippen molar-refractivity contribution in [3.05, 3.63) is 35.6 Å². The van der Waals surface area contributed by atoms with Gasteiger partial charge in [-0.3, -0.25) is 4.79 Å². The highest BCUT2D eigenvalue weighted by atomic mass is 19.1. The van der Waals surface area contributed by atoms with E-state index in [1.807, 2.05) is 6.92 Å². The topological polar surface area (TPSA) is 49.3 Å². The Morgan fingerprint density at radius 3 is 2.52 bits per heavy atom. The molecule has 1 unspecified atom stereocenters. The third-order valence-corrected chi connectivity index (χ3v) is 4.52. The van der Waals surface area contributed by atoms with Crippen molar-refractivity contribution in [3.8, 4) is 0 Å². The van der Waals surface area contributed by atoms with Gasteiger partial charge in [0.2, 0.25) is 5.91 Å². The summed E-state index contributed by atoms with van der Waals surface area (Å²) < 4.78 is 13.1. The molecule has 2 rings (SSSR count). The van der Waals surface area contributed by atoms with E-state index in [4.69, 9.17) is 5.11 Å². The highest BCUT2D eigenvalue weighted by Crippen LogP contribution is 2.41. The minimum Gasteiger partial charge on any atom is -0.396 e. The molecule has 1 saturated carbocycles. The molecule has 0 spiro atoms. The lowest BCUT2D eigenvalue weighted by Crippen LogP contribution is -2.44. The first-order valence-corrected chi connectivity index (χ1v) is 7.74. The van der Waals surface area contributed by atoms with Gasteiger partial charge in [-0.1, -0.05) is 31.9 Å². The molecular weight excluding hydrogens is 269 g/mol. The molecule has 21 heavy (non-hydrogen) atoms. The van der Waals surface area contributed by atoms with E-state index in [-0.39, 0.29) is 24.2 Å². The molecule has 3 nitrogen and oxygen atoms in total. The lowest BCUT2D eigenvalue weighted by atomic mass is 9.78. The number of rotatable bonds is 6. The normalized spacial score (nSPS) is 18.4. The molecule has 1 aromatic carbocycles. The van der Waals surface area contributed by atoms with Crippen LogP contribution in [0.1, 0.15) is 44.6 Å². The average Bonchev–Trinajstić information content (AvgIpc) is 2.96.